The van der Waals surface area contributed by atoms with E-state index >= 15 is 0 Å². The predicted octanol–water partition coefficient (Wildman–Crippen LogP) is 4.02. The number of hydrogen-bond donors (Lipinski definition) is 0. The summed E-state index contributed by atoms with van der Waals surface area (Å²) in [6.07, 6.45) is 2.25. The molecular weight excluding hydrogens is 342 g/mol. The van der Waals surface area contributed by atoms with Gasteiger partial charge in [0, 0.05) is 18.3 Å². The summed E-state index contributed by atoms with van der Waals surface area (Å²) in [4.78, 5) is 6.90. The van der Waals surface area contributed by atoms with E-state index in [4.69, 9.17) is 14.0 Å². The van der Waals surface area contributed by atoms with Crippen LogP contribution >= 0.6 is 0 Å². The van der Waals surface area contributed by atoms with Crippen molar-refractivity contribution in [2.45, 2.75) is 26.3 Å². The molecule has 0 saturated carbocycles. The summed E-state index contributed by atoms with van der Waals surface area (Å²) in [6.45, 7) is 3.72. The Balaban J connectivity index is 1.58. The average molecular weight is 365 g/mol. The molecule has 0 spiro atoms. The SMILES string of the molecule is COc1ccc(-c2noc(CN3CCCc4cc(C)ccc43)n2)c(OC)c1. The van der Waals surface area contributed by atoms with Gasteiger partial charge < -0.3 is 18.9 Å². The lowest BCUT2D eigenvalue weighted by molar-refractivity contribution is 0.374. The molecule has 0 saturated heterocycles. The highest BCUT2D eigenvalue weighted by Gasteiger charge is 2.20. The van der Waals surface area contributed by atoms with Gasteiger partial charge in [-0.15, -0.1) is 0 Å². The minimum absolute atomic E-state index is 0.519. The fraction of sp³-hybridized carbons (Fsp3) is 0.333. The van der Waals surface area contributed by atoms with Crippen molar-refractivity contribution < 1.29 is 14.0 Å². The number of aromatic nitrogens is 2. The van der Waals surface area contributed by atoms with Crippen LogP contribution in [0.4, 0.5) is 5.69 Å². The number of hydrogen-bond acceptors (Lipinski definition) is 6. The highest BCUT2D eigenvalue weighted by Crippen LogP contribution is 2.32. The fourth-order valence-electron chi connectivity index (χ4n) is 3.54. The van der Waals surface area contributed by atoms with Gasteiger partial charge in [0.15, 0.2) is 0 Å². The number of ether oxygens (including phenoxy) is 2. The third kappa shape index (κ3) is 3.47. The van der Waals surface area contributed by atoms with E-state index in [0.29, 0.717) is 24.0 Å². The number of benzene rings is 2. The van der Waals surface area contributed by atoms with E-state index in [1.807, 2.05) is 18.2 Å². The maximum atomic E-state index is 5.53. The molecule has 140 valence electrons. The monoisotopic (exact) mass is 365 g/mol. The number of anilines is 1. The van der Waals surface area contributed by atoms with Gasteiger partial charge in [0.25, 0.3) is 0 Å². The van der Waals surface area contributed by atoms with Crippen LogP contribution in [0.2, 0.25) is 0 Å². The molecule has 0 bridgehead atoms. The summed E-state index contributed by atoms with van der Waals surface area (Å²) in [7, 11) is 3.24. The maximum absolute atomic E-state index is 5.53. The van der Waals surface area contributed by atoms with Gasteiger partial charge in [-0.2, -0.15) is 4.98 Å². The zero-order valence-corrected chi connectivity index (χ0v) is 15.9. The molecule has 0 N–H and O–H groups in total. The van der Waals surface area contributed by atoms with Gasteiger partial charge in [-0.3, -0.25) is 0 Å². The molecule has 27 heavy (non-hydrogen) atoms. The zero-order valence-electron chi connectivity index (χ0n) is 15.9. The van der Waals surface area contributed by atoms with Crippen LogP contribution in [-0.4, -0.2) is 30.9 Å². The first-order valence-corrected chi connectivity index (χ1v) is 9.07. The first-order chi connectivity index (χ1) is 13.2. The Kier molecular flexibility index (Phi) is 4.71. The molecule has 0 fully saturated rings. The molecule has 2 aromatic carbocycles. The zero-order chi connectivity index (χ0) is 18.8. The van der Waals surface area contributed by atoms with E-state index in [9.17, 15) is 0 Å². The first kappa shape index (κ1) is 17.4. The molecule has 1 aromatic heterocycles. The molecule has 0 radical (unpaired) electrons. The van der Waals surface area contributed by atoms with Crippen LogP contribution in [0, 0.1) is 6.92 Å². The van der Waals surface area contributed by atoms with Crippen molar-refractivity contribution in [1.29, 1.82) is 0 Å². The number of nitrogens with zero attached hydrogens (tertiary/aromatic N) is 3. The lowest BCUT2D eigenvalue weighted by atomic mass is 10.00. The quantitative estimate of drug-likeness (QED) is 0.681. The van der Waals surface area contributed by atoms with Gasteiger partial charge in [0.1, 0.15) is 11.5 Å². The molecule has 0 atom stereocenters. The Hall–Kier alpha value is -3.02. The number of rotatable bonds is 5. The molecule has 0 unspecified atom stereocenters. The van der Waals surface area contributed by atoms with E-state index < -0.39 is 0 Å². The van der Waals surface area contributed by atoms with Crippen LogP contribution in [0.25, 0.3) is 11.4 Å². The summed E-state index contributed by atoms with van der Waals surface area (Å²) in [6, 6.07) is 12.2. The topological polar surface area (TPSA) is 60.6 Å². The van der Waals surface area contributed by atoms with Gasteiger partial charge in [0.05, 0.1) is 26.3 Å². The number of methoxy groups -OCH3 is 2. The van der Waals surface area contributed by atoms with Crippen LogP contribution in [0.3, 0.4) is 0 Å². The van der Waals surface area contributed by atoms with Gasteiger partial charge in [0.2, 0.25) is 11.7 Å². The number of fused-ring (bicyclic) bond motifs is 1. The minimum Gasteiger partial charge on any atom is -0.497 e. The summed E-state index contributed by atoms with van der Waals surface area (Å²) in [5.41, 5.74) is 4.72. The van der Waals surface area contributed by atoms with E-state index in [1.165, 1.54) is 16.8 Å². The summed E-state index contributed by atoms with van der Waals surface area (Å²) in [5, 5.41) is 4.15. The van der Waals surface area contributed by atoms with Crippen LogP contribution in [0.1, 0.15) is 23.4 Å². The maximum Gasteiger partial charge on any atom is 0.246 e. The van der Waals surface area contributed by atoms with Crippen molar-refractivity contribution in [3.63, 3.8) is 0 Å². The summed E-state index contributed by atoms with van der Waals surface area (Å²) < 4.78 is 16.2. The molecule has 0 amide bonds. The lowest BCUT2D eigenvalue weighted by Crippen LogP contribution is -2.28. The second-order valence-electron chi connectivity index (χ2n) is 6.74. The van der Waals surface area contributed by atoms with Gasteiger partial charge in [-0.05, 0) is 43.5 Å². The number of aryl methyl sites for hydroxylation is 2. The van der Waals surface area contributed by atoms with Crippen molar-refractivity contribution in [3.05, 3.63) is 53.4 Å². The Morgan fingerprint density at radius 3 is 2.81 bits per heavy atom. The molecule has 0 aliphatic carbocycles. The van der Waals surface area contributed by atoms with E-state index in [0.717, 1.165) is 30.7 Å². The molecule has 6 nitrogen and oxygen atoms in total. The van der Waals surface area contributed by atoms with Gasteiger partial charge >= 0.3 is 0 Å². The molecule has 6 heteroatoms. The Morgan fingerprint density at radius 1 is 1.11 bits per heavy atom. The standard InChI is InChI=1S/C21H23N3O3/c1-14-6-9-18-15(11-14)5-4-10-24(18)13-20-22-21(23-27-20)17-8-7-16(25-2)12-19(17)26-3/h6-9,11-12H,4-5,10,13H2,1-3H3. The Bertz CT molecular complexity index is 952. The van der Waals surface area contributed by atoms with Crippen LogP contribution in [-0.2, 0) is 13.0 Å². The van der Waals surface area contributed by atoms with Gasteiger partial charge in [-0.1, -0.05) is 22.9 Å². The van der Waals surface area contributed by atoms with Crippen molar-refractivity contribution in [3.8, 4) is 22.9 Å². The highest BCUT2D eigenvalue weighted by atomic mass is 16.5. The minimum atomic E-state index is 0.519. The van der Waals surface area contributed by atoms with Crippen molar-refractivity contribution in [1.82, 2.24) is 10.1 Å². The van der Waals surface area contributed by atoms with Crippen LogP contribution in [0.5, 0.6) is 11.5 Å². The fourth-order valence-corrected chi connectivity index (χ4v) is 3.54. The summed E-state index contributed by atoms with van der Waals surface area (Å²) in [5.74, 6) is 2.49. The Labute approximate surface area is 158 Å². The third-order valence-corrected chi connectivity index (χ3v) is 4.89. The molecule has 2 heterocycles. The largest absolute Gasteiger partial charge is 0.497 e. The third-order valence-electron chi connectivity index (χ3n) is 4.89. The van der Waals surface area contributed by atoms with E-state index in [-0.39, 0.29) is 0 Å². The molecule has 4 rings (SSSR count). The average Bonchev–Trinajstić information content (AvgIpc) is 3.15. The van der Waals surface area contributed by atoms with Crippen LogP contribution in [0.15, 0.2) is 40.9 Å². The molecule has 1 aliphatic rings. The second kappa shape index (κ2) is 7.31. The van der Waals surface area contributed by atoms with Gasteiger partial charge in [-0.25, -0.2) is 0 Å². The normalized spacial score (nSPS) is 13.4. The first-order valence-electron chi connectivity index (χ1n) is 9.07. The molecular formula is C21H23N3O3. The van der Waals surface area contributed by atoms with Crippen molar-refractivity contribution in [2.24, 2.45) is 0 Å². The lowest BCUT2D eigenvalue weighted by Gasteiger charge is -2.30. The highest BCUT2D eigenvalue weighted by molar-refractivity contribution is 5.65. The Morgan fingerprint density at radius 2 is 2.00 bits per heavy atom. The van der Waals surface area contributed by atoms with E-state index in [1.54, 1.807) is 14.2 Å². The molecule has 3 aromatic rings. The van der Waals surface area contributed by atoms with Crippen LogP contribution < -0.4 is 14.4 Å². The van der Waals surface area contributed by atoms with Crippen molar-refractivity contribution in [2.75, 3.05) is 25.7 Å². The summed E-state index contributed by atoms with van der Waals surface area (Å²) >= 11 is 0. The molecule has 1 aliphatic heterocycles. The van der Waals surface area contributed by atoms with E-state index in [2.05, 4.69) is 40.2 Å². The predicted molar refractivity (Wildman–Crippen MR) is 103 cm³/mol. The second-order valence-corrected chi connectivity index (χ2v) is 6.74. The smallest absolute Gasteiger partial charge is 0.246 e. The van der Waals surface area contributed by atoms with Crippen molar-refractivity contribution >= 4 is 5.69 Å².